The van der Waals surface area contributed by atoms with Gasteiger partial charge in [0, 0.05) is 21.3 Å². The summed E-state index contributed by atoms with van der Waals surface area (Å²) in [6.07, 6.45) is 0. The monoisotopic (exact) mass is 313 g/mol. The Labute approximate surface area is 125 Å². The topological polar surface area (TPSA) is 52.3 Å². The van der Waals surface area contributed by atoms with Gasteiger partial charge < -0.3 is 10.5 Å². The van der Waals surface area contributed by atoms with Crippen LogP contribution in [0.25, 0.3) is 0 Å². The van der Waals surface area contributed by atoms with Crippen molar-refractivity contribution >= 4 is 34.9 Å². The zero-order valence-corrected chi connectivity index (χ0v) is 11.7. The van der Waals surface area contributed by atoms with Crippen LogP contribution >= 0.6 is 23.2 Å². The number of hydrogen-bond acceptors (Lipinski definition) is 3. The van der Waals surface area contributed by atoms with Crippen molar-refractivity contribution in [2.24, 2.45) is 0 Å². The van der Waals surface area contributed by atoms with Crippen molar-refractivity contribution in [3.63, 3.8) is 0 Å². The molecule has 0 atom stereocenters. The minimum Gasteiger partial charge on any atom is -0.457 e. The number of nitrogens with two attached hydrogens (primary N) is 1. The summed E-state index contributed by atoms with van der Waals surface area (Å²) in [5.74, 6) is -1.20. The molecule has 0 amide bonds. The van der Waals surface area contributed by atoms with Gasteiger partial charge in [-0.05, 0) is 30.3 Å². The van der Waals surface area contributed by atoms with Crippen LogP contribution in [0, 0.1) is 5.82 Å². The molecule has 0 saturated carbocycles. The van der Waals surface area contributed by atoms with Crippen molar-refractivity contribution in [3.05, 3.63) is 63.4 Å². The molecule has 0 aliphatic carbocycles. The molecule has 0 saturated heterocycles. The van der Waals surface area contributed by atoms with Gasteiger partial charge >= 0.3 is 5.97 Å². The third-order valence-corrected chi connectivity index (χ3v) is 3.08. The van der Waals surface area contributed by atoms with Gasteiger partial charge in [0.15, 0.2) is 0 Å². The molecule has 0 fully saturated rings. The van der Waals surface area contributed by atoms with E-state index in [0.29, 0.717) is 5.02 Å². The van der Waals surface area contributed by atoms with E-state index in [0.717, 1.165) is 6.07 Å². The van der Waals surface area contributed by atoms with Gasteiger partial charge in [-0.1, -0.05) is 29.3 Å². The van der Waals surface area contributed by atoms with Gasteiger partial charge in [-0.15, -0.1) is 0 Å². The van der Waals surface area contributed by atoms with E-state index in [9.17, 15) is 9.18 Å². The maximum absolute atomic E-state index is 13.5. The number of halogens is 3. The second-order valence-corrected chi connectivity index (χ2v) is 4.92. The summed E-state index contributed by atoms with van der Waals surface area (Å²) < 4.78 is 18.5. The highest BCUT2D eigenvalue weighted by Gasteiger charge is 2.13. The molecule has 0 aromatic heterocycles. The van der Waals surface area contributed by atoms with Gasteiger partial charge in [-0.2, -0.15) is 0 Å². The third kappa shape index (κ3) is 3.40. The van der Waals surface area contributed by atoms with Crippen molar-refractivity contribution in [1.82, 2.24) is 0 Å². The predicted octanol–water partition coefficient (Wildman–Crippen LogP) is 4.07. The molecule has 0 radical (unpaired) electrons. The minimum atomic E-state index is -0.667. The van der Waals surface area contributed by atoms with Crippen LogP contribution in [0.5, 0.6) is 0 Å². The number of esters is 1. The summed E-state index contributed by atoms with van der Waals surface area (Å²) in [6.45, 7) is -0.214. The van der Waals surface area contributed by atoms with E-state index >= 15 is 0 Å². The number of anilines is 1. The molecule has 0 heterocycles. The lowest BCUT2D eigenvalue weighted by Crippen LogP contribution is -2.09. The summed E-state index contributed by atoms with van der Waals surface area (Å²) in [4.78, 5) is 11.9. The maximum atomic E-state index is 13.5. The smallest absolute Gasteiger partial charge is 0.340 e. The molecule has 0 aliphatic heterocycles. The average Bonchev–Trinajstić information content (AvgIpc) is 2.40. The minimum absolute atomic E-state index is 0.145. The van der Waals surface area contributed by atoms with Gasteiger partial charge in [0.1, 0.15) is 12.4 Å². The summed E-state index contributed by atoms with van der Waals surface area (Å²) >= 11 is 11.4. The lowest BCUT2D eigenvalue weighted by molar-refractivity contribution is 0.0470. The summed E-state index contributed by atoms with van der Waals surface area (Å²) in [7, 11) is 0. The molecule has 0 unspecified atom stereocenters. The molecule has 2 N–H and O–H groups in total. The Morgan fingerprint density at radius 1 is 1.15 bits per heavy atom. The van der Waals surface area contributed by atoms with Crippen molar-refractivity contribution < 1.29 is 13.9 Å². The molecule has 2 aromatic rings. The number of carbonyl (C=O) groups excluding carboxylic acids is 1. The highest BCUT2D eigenvalue weighted by Crippen LogP contribution is 2.20. The molecule has 2 aromatic carbocycles. The molecule has 6 heteroatoms. The number of nitrogen functional groups attached to an aromatic ring is 1. The van der Waals surface area contributed by atoms with Crippen LogP contribution in [0.1, 0.15) is 15.9 Å². The first kappa shape index (κ1) is 14.6. The van der Waals surface area contributed by atoms with Crippen LogP contribution in [0.4, 0.5) is 10.1 Å². The van der Waals surface area contributed by atoms with Gasteiger partial charge in [-0.25, -0.2) is 9.18 Å². The Morgan fingerprint density at radius 3 is 2.50 bits per heavy atom. The zero-order chi connectivity index (χ0) is 14.7. The fraction of sp³-hybridized carbons (Fsp3) is 0.0714. The molecular weight excluding hydrogens is 304 g/mol. The van der Waals surface area contributed by atoms with E-state index in [-0.39, 0.29) is 28.4 Å². The quantitative estimate of drug-likeness (QED) is 0.686. The van der Waals surface area contributed by atoms with Crippen LogP contribution in [0.3, 0.4) is 0 Å². The lowest BCUT2D eigenvalue weighted by Gasteiger charge is -2.08. The van der Waals surface area contributed by atoms with Crippen molar-refractivity contribution in [3.8, 4) is 0 Å². The Bertz CT molecular complexity index is 662. The van der Waals surface area contributed by atoms with Crippen molar-refractivity contribution in [2.45, 2.75) is 6.61 Å². The van der Waals surface area contributed by atoms with E-state index in [2.05, 4.69) is 0 Å². The third-order valence-electron chi connectivity index (χ3n) is 2.61. The predicted molar refractivity (Wildman–Crippen MR) is 76.4 cm³/mol. The molecular formula is C14H10Cl2FNO2. The maximum Gasteiger partial charge on any atom is 0.340 e. The second kappa shape index (κ2) is 6.11. The van der Waals surface area contributed by atoms with E-state index in [1.54, 1.807) is 6.07 Å². The SMILES string of the molecule is Nc1ccc(Cl)cc1C(=O)OCc1ccc(Cl)cc1F. The Hall–Kier alpha value is -1.78. The van der Waals surface area contributed by atoms with E-state index in [4.69, 9.17) is 33.7 Å². The van der Waals surface area contributed by atoms with Gasteiger partial charge in [0.05, 0.1) is 5.56 Å². The zero-order valence-electron chi connectivity index (χ0n) is 10.2. The van der Waals surface area contributed by atoms with Crippen LogP contribution in [-0.4, -0.2) is 5.97 Å². The van der Waals surface area contributed by atoms with Gasteiger partial charge in [-0.3, -0.25) is 0 Å². The van der Waals surface area contributed by atoms with Crippen LogP contribution in [-0.2, 0) is 11.3 Å². The lowest BCUT2D eigenvalue weighted by atomic mass is 10.2. The van der Waals surface area contributed by atoms with Crippen molar-refractivity contribution in [1.29, 1.82) is 0 Å². The Balaban J connectivity index is 2.10. The van der Waals surface area contributed by atoms with Gasteiger partial charge in [0.2, 0.25) is 0 Å². The molecule has 20 heavy (non-hydrogen) atoms. The molecule has 0 bridgehead atoms. The normalized spacial score (nSPS) is 10.3. The highest BCUT2D eigenvalue weighted by atomic mass is 35.5. The number of ether oxygens (including phenoxy) is 1. The van der Waals surface area contributed by atoms with Crippen molar-refractivity contribution in [2.75, 3.05) is 5.73 Å². The fourth-order valence-electron chi connectivity index (χ4n) is 1.57. The second-order valence-electron chi connectivity index (χ2n) is 4.04. The summed E-state index contributed by atoms with van der Waals surface area (Å²) in [5.41, 5.74) is 6.27. The van der Waals surface area contributed by atoms with E-state index in [1.165, 1.54) is 24.3 Å². The highest BCUT2D eigenvalue weighted by molar-refractivity contribution is 6.31. The van der Waals surface area contributed by atoms with Gasteiger partial charge in [0.25, 0.3) is 0 Å². The first-order chi connectivity index (χ1) is 9.47. The number of benzene rings is 2. The number of carbonyl (C=O) groups is 1. The van der Waals surface area contributed by atoms with E-state index in [1.807, 2.05) is 0 Å². The summed E-state index contributed by atoms with van der Waals surface area (Å²) in [5, 5.41) is 0.639. The van der Waals surface area contributed by atoms with Crippen LogP contribution in [0.15, 0.2) is 36.4 Å². The number of rotatable bonds is 3. The summed E-state index contributed by atoms with van der Waals surface area (Å²) in [6, 6.07) is 8.58. The Kier molecular flexibility index (Phi) is 4.47. The van der Waals surface area contributed by atoms with Crippen LogP contribution < -0.4 is 5.73 Å². The first-order valence-electron chi connectivity index (χ1n) is 5.63. The fourth-order valence-corrected chi connectivity index (χ4v) is 1.90. The van der Waals surface area contributed by atoms with E-state index < -0.39 is 11.8 Å². The molecule has 2 rings (SSSR count). The standard InChI is InChI=1S/C14H10Cl2FNO2/c15-9-3-4-13(18)11(5-9)14(19)20-7-8-1-2-10(16)6-12(8)17/h1-6H,7,18H2. The first-order valence-corrected chi connectivity index (χ1v) is 6.39. The van der Waals surface area contributed by atoms with Crippen LogP contribution in [0.2, 0.25) is 10.0 Å². The molecule has 104 valence electrons. The molecule has 3 nitrogen and oxygen atoms in total. The molecule has 0 aliphatic rings. The largest absolute Gasteiger partial charge is 0.457 e. The Morgan fingerprint density at radius 2 is 1.80 bits per heavy atom. The number of hydrogen-bond donors (Lipinski definition) is 1. The average molecular weight is 314 g/mol. The molecule has 0 spiro atoms.